The lowest BCUT2D eigenvalue weighted by atomic mass is 10.1. The van der Waals surface area contributed by atoms with E-state index in [2.05, 4.69) is 10.4 Å². The first-order chi connectivity index (χ1) is 10.2. The van der Waals surface area contributed by atoms with E-state index >= 15 is 0 Å². The summed E-state index contributed by atoms with van der Waals surface area (Å²) in [6.07, 6.45) is 1.41. The zero-order valence-electron chi connectivity index (χ0n) is 11.2. The minimum atomic E-state index is -0.486. The molecule has 1 aromatic carbocycles. The van der Waals surface area contributed by atoms with E-state index in [0.29, 0.717) is 5.69 Å². The second kappa shape index (κ2) is 7.21. The van der Waals surface area contributed by atoms with Gasteiger partial charge in [-0.15, -0.1) is 0 Å². The molecule has 0 amide bonds. The van der Waals surface area contributed by atoms with Gasteiger partial charge in [-0.1, -0.05) is 41.9 Å². The molecule has 21 heavy (non-hydrogen) atoms. The summed E-state index contributed by atoms with van der Waals surface area (Å²) in [4.78, 5) is 11.9. The third-order valence-electron chi connectivity index (χ3n) is 3.01. The Bertz CT molecular complexity index is 646. The summed E-state index contributed by atoms with van der Waals surface area (Å²) in [7, 11) is 0. The third kappa shape index (κ3) is 3.60. The van der Waals surface area contributed by atoms with Crippen LogP contribution in [-0.2, 0) is 6.54 Å². The molecule has 0 aliphatic rings. The van der Waals surface area contributed by atoms with Gasteiger partial charge in [-0.2, -0.15) is 5.10 Å². The molecular formula is C14H16ClN3O3. The summed E-state index contributed by atoms with van der Waals surface area (Å²) in [5.41, 5.74) is 0.731. The Morgan fingerprint density at radius 3 is 2.62 bits per heavy atom. The topological polar surface area (TPSA) is 87.4 Å². The minimum Gasteiger partial charge on any atom is -0.394 e. The van der Waals surface area contributed by atoms with Gasteiger partial charge >= 0.3 is 0 Å². The predicted octanol–water partition coefficient (Wildman–Crippen LogP) is 1.03. The average Bonchev–Trinajstić information content (AvgIpc) is 2.52. The zero-order chi connectivity index (χ0) is 15.2. The summed E-state index contributed by atoms with van der Waals surface area (Å²) in [6, 6.07) is 8.93. The van der Waals surface area contributed by atoms with Crippen LogP contribution >= 0.6 is 11.6 Å². The van der Waals surface area contributed by atoms with Crippen molar-refractivity contribution in [2.75, 3.05) is 18.5 Å². The Morgan fingerprint density at radius 1 is 1.29 bits per heavy atom. The number of hydrogen-bond acceptors (Lipinski definition) is 5. The van der Waals surface area contributed by atoms with Gasteiger partial charge in [0.2, 0.25) is 0 Å². The first-order valence-corrected chi connectivity index (χ1v) is 6.84. The molecule has 0 saturated carbocycles. The molecule has 1 atom stereocenters. The number of aromatic nitrogens is 2. The molecule has 1 unspecified atom stereocenters. The Morgan fingerprint density at radius 2 is 2.00 bits per heavy atom. The first-order valence-electron chi connectivity index (χ1n) is 6.46. The molecular weight excluding hydrogens is 294 g/mol. The van der Waals surface area contributed by atoms with Crippen LogP contribution in [0, 0.1) is 0 Å². The van der Waals surface area contributed by atoms with Crippen LogP contribution in [-0.4, -0.2) is 33.2 Å². The van der Waals surface area contributed by atoms with Crippen molar-refractivity contribution in [2.24, 2.45) is 0 Å². The number of aliphatic hydroxyl groups is 2. The highest BCUT2D eigenvalue weighted by Gasteiger charge is 2.14. The molecule has 2 rings (SSSR count). The zero-order valence-corrected chi connectivity index (χ0v) is 12.0. The van der Waals surface area contributed by atoms with E-state index in [9.17, 15) is 9.90 Å². The molecule has 0 spiro atoms. The summed E-state index contributed by atoms with van der Waals surface area (Å²) >= 11 is 6.02. The lowest BCUT2D eigenvalue weighted by Gasteiger charge is -2.18. The first kappa shape index (κ1) is 15.5. The number of benzene rings is 1. The largest absolute Gasteiger partial charge is 0.394 e. The summed E-state index contributed by atoms with van der Waals surface area (Å²) in [6.45, 7) is -0.264. The highest BCUT2D eigenvalue weighted by Crippen LogP contribution is 2.22. The monoisotopic (exact) mass is 309 g/mol. The summed E-state index contributed by atoms with van der Waals surface area (Å²) in [5.74, 6) is 0. The van der Waals surface area contributed by atoms with Crippen molar-refractivity contribution in [3.8, 4) is 0 Å². The van der Waals surface area contributed by atoms with E-state index in [1.165, 1.54) is 6.20 Å². The smallest absolute Gasteiger partial charge is 0.287 e. The molecule has 6 nitrogen and oxygen atoms in total. The molecule has 0 aliphatic carbocycles. The fraction of sp³-hybridized carbons (Fsp3) is 0.286. The van der Waals surface area contributed by atoms with Gasteiger partial charge in [0.25, 0.3) is 5.56 Å². The van der Waals surface area contributed by atoms with Crippen molar-refractivity contribution in [1.29, 1.82) is 0 Å². The van der Waals surface area contributed by atoms with Crippen LogP contribution in [0.5, 0.6) is 0 Å². The van der Waals surface area contributed by atoms with E-state index in [0.717, 1.165) is 10.2 Å². The molecule has 0 radical (unpaired) electrons. The van der Waals surface area contributed by atoms with E-state index < -0.39 is 11.6 Å². The number of aliphatic hydroxyl groups excluding tert-OH is 2. The quantitative estimate of drug-likeness (QED) is 0.742. The van der Waals surface area contributed by atoms with Gasteiger partial charge in [0.15, 0.2) is 0 Å². The predicted molar refractivity (Wildman–Crippen MR) is 80.5 cm³/mol. The molecule has 112 valence electrons. The van der Waals surface area contributed by atoms with Crippen LogP contribution in [0.4, 0.5) is 5.69 Å². The normalized spacial score (nSPS) is 12.1. The number of nitrogens with one attached hydrogen (secondary N) is 1. The second-order valence-electron chi connectivity index (χ2n) is 4.41. The van der Waals surface area contributed by atoms with Crippen LogP contribution in [0.15, 0.2) is 41.3 Å². The second-order valence-corrected chi connectivity index (χ2v) is 4.79. The van der Waals surface area contributed by atoms with E-state index in [1.807, 2.05) is 30.3 Å². The van der Waals surface area contributed by atoms with Gasteiger partial charge in [-0.05, 0) is 5.56 Å². The molecule has 3 N–H and O–H groups in total. The maximum absolute atomic E-state index is 11.9. The van der Waals surface area contributed by atoms with Crippen molar-refractivity contribution in [1.82, 2.24) is 9.78 Å². The lowest BCUT2D eigenvalue weighted by molar-refractivity contribution is 0.266. The Hall–Kier alpha value is -1.89. The fourth-order valence-corrected chi connectivity index (χ4v) is 2.13. The molecule has 1 aromatic heterocycles. The van der Waals surface area contributed by atoms with E-state index in [1.54, 1.807) is 0 Å². The van der Waals surface area contributed by atoms with Gasteiger partial charge in [0.1, 0.15) is 5.02 Å². The Labute approximate surface area is 126 Å². The Balaban J connectivity index is 2.26. The van der Waals surface area contributed by atoms with Crippen LogP contribution in [0.3, 0.4) is 0 Å². The molecule has 7 heteroatoms. The molecule has 1 heterocycles. The van der Waals surface area contributed by atoms with Crippen molar-refractivity contribution < 1.29 is 10.2 Å². The standard InChI is InChI=1S/C14H16ClN3O3/c15-13-11(8-16-18(6-7-19)14(13)21)17-12(9-20)10-4-2-1-3-5-10/h1-5,8,12,17,19-20H,6-7,9H2. The molecule has 2 aromatic rings. The van der Waals surface area contributed by atoms with Crippen LogP contribution in [0.1, 0.15) is 11.6 Å². The van der Waals surface area contributed by atoms with Crippen LogP contribution < -0.4 is 10.9 Å². The van der Waals surface area contributed by atoms with Gasteiger partial charge in [-0.25, -0.2) is 4.68 Å². The van der Waals surface area contributed by atoms with E-state index in [-0.39, 0.29) is 24.8 Å². The minimum absolute atomic E-state index is 0.0205. The van der Waals surface area contributed by atoms with Crippen molar-refractivity contribution in [2.45, 2.75) is 12.6 Å². The molecule has 0 saturated heterocycles. The average molecular weight is 310 g/mol. The number of nitrogens with zero attached hydrogens (tertiary/aromatic N) is 2. The fourth-order valence-electron chi connectivity index (χ4n) is 1.93. The van der Waals surface area contributed by atoms with Crippen molar-refractivity contribution >= 4 is 17.3 Å². The Kier molecular flexibility index (Phi) is 5.32. The van der Waals surface area contributed by atoms with Crippen molar-refractivity contribution in [3.05, 3.63) is 57.5 Å². The summed E-state index contributed by atoms with van der Waals surface area (Å²) < 4.78 is 1.09. The highest BCUT2D eigenvalue weighted by molar-refractivity contribution is 6.32. The third-order valence-corrected chi connectivity index (χ3v) is 3.38. The SMILES string of the molecule is O=c1c(Cl)c(NC(CO)c2ccccc2)cnn1CCO. The summed E-state index contributed by atoms with van der Waals surface area (Å²) in [5, 5.41) is 25.3. The maximum atomic E-state index is 11.9. The van der Waals surface area contributed by atoms with Gasteiger partial charge in [-0.3, -0.25) is 4.79 Å². The number of hydrogen-bond donors (Lipinski definition) is 3. The van der Waals surface area contributed by atoms with Crippen LogP contribution in [0.2, 0.25) is 5.02 Å². The number of halogens is 1. The highest BCUT2D eigenvalue weighted by atomic mass is 35.5. The maximum Gasteiger partial charge on any atom is 0.287 e. The van der Waals surface area contributed by atoms with Gasteiger partial charge in [0.05, 0.1) is 37.7 Å². The number of anilines is 1. The lowest BCUT2D eigenvalue weighted by Crippen LogP contribution is -2.26. The van der Waals surface area contributed by atoms with E-state index in [4.69, 9.17) is 16.7 Å². The molecule has 0 fully saturated rings. The van der Waals surface area contributed by atoms with Crippen LogP contribution in [0.25, 0.3) is 0 Å². The van der Waals surface area contributed by atoms with Crippen molar-refractivity contribution in [3.63, 3.8) is 0 Å². The molecule has 0 aliphatic heterocycles. The number of rotatable bonds is 6. The van der Waals surface area contributed by atoms with Gasteiger partial charge < -0.3 is 15.5 Å². The van der Waals surface area contributed by atoms with Gasteiger partial charge in [0, 0.05) is 0 Å². The molecule has 0 bridgehead atoms.